The summed E-state index contributed by atoms with van der Waals surface area (Å²) in [5, 5.41) is 8.27. The van der Waals surface area contributed by atoms with Gasteiger partial charge in [0.15, 0.2) is 0 Å². The Labute approximate surface area is 179 Å². The molecule has 0 atom stereocenters. The van der Waals surface area contributed by atoms with Crippen molar-refractivity contribution in [2.75, 3.05) is 17.2 Å². The highest BCUT2D eigenvalue weighted by molar-refractivity contribution is 5.99. The Kier molecular flexibility index (Phi) is 9.15. The van der Waals surface area contributed by atoms with E-state index >= 15 is 0 Å². The number of carbonyl (C=O) groups is 3. The van der Waals surface area contributed by atoms with Crippen LogP contribution in [0, 0.1) is 5.92 Å². The summed E-state index contributed by atoms with van der Waals surface area (Å²) in [6, 6.07) is 7.13. The molecule has 1 aliphatic carbocycles. The van der Waals surface area contributed by atoms with Crippen molar-refractivity contribution in [3.8, 4) is 0 Å². The van der Waals surface area contributed by atoms with Crippen molar-refractivity contribution in [1.82, 2.24) is 5.32 Å². The fraction of sp³-hybridized carbons (Fsp3) is 0.609. The van der Waals surface area contributed by atoms with E-state index in [0.717, 1.165) is 6.42 Å². The first kappa shape index (κ1) is 23.7. The molecule has 0 bridgehead atoms. The maximum atomic E-state index is 12.4. The summed E-state index contributed by atoms with van der Waals surface area (Å²) in [6.45, 7) is 5.50. The largest absolute Gasteiger partial charge is 0.444 e. The third kappa shape index (κ3) is 9.29. The number of ether oxygens (including phenoxy) is 1. The number of para-hydroxylation sites is 2. The Morgan fingerprint density at radius 3 is 2.07 bits per heavy atom. The Bertz CT molecular complexity index is 721. The summed E-state index contributed by atoms with van der Waals surface area (Å²) in [6.07, 6.45) is 7.24. The van der Waals surface area contributed by atoms with Gasteiger partial charge in [0.2, 0.25) is 11.8 Å². The lowest BCUT2D eigenvalue weighted by molar-refractivity contribution is -0.117. The normalized spacial score (nSPS) is 14.6. The van der Waals surface area contributed by atoms with Crippen molar-refractivity contribution >= 4 is 29.3 Å². The zero-order chi connectivity index (χ0) is 22.0. The number of anilines is 2. The van der Waals surface area contributed by atoms with E-state index < -0.39 is 11.7 Å². The highest BCUT2D eigenvalue weighted by Gasteiger charge is 2.17. The van der Waals surface area contributed by atoms with Gasteiger partial charge in [-0.15, -0.1) is 0 Å². The van der Waals surface area contributed by atoms with Gasteiger partial charge in [-0.1, -0.05) is 44.2 Å². The molecule has 1 fully saturated rings. The summed E-state index contributed by atoms with van der Waals surface area (Å²) in [5.74, 6) is 0.362. The molecule has 0 aliphatic heterocycles. The summed E-state index contributed by atoms with van der Waals surface area (Å²) in [4.78, 5) is 36.2. The predicted octanol–water partition coefficient (Wildman–Crippen LogP) is 4.84. The topological polar surface area (TPSA) is 96.5 Å². The SMILES string of the molecule is CC(C)(C)OC(=O)NCCC(=O)Nc1ccccc1NC(=O)CCC1CCCCC1. The molecular formula is C23H35N3O4. The van der Waals surface area contributed by atoms with E-state index in [9.17, 15) is 14.4 Å². The van der Waals surface area contributed by atoms with Crippen molar-refractivity contribution in [2.45, 2.75) is 77.7 Å². The van der Waals surface area contributed by atoms with Crippen LogP contribution in [0.1, 0.15) is 72.1 Å². The van der Waals surface area contributed by atoms with E-state index in [2.05, 4.69) is 16.0 Å². The minimum absolute atomic E-state index is 0.0335. The molecule has 3 amide bonds. The fourth-order valence-corrected chi connectivity index (χ4v) is 3.53. The zero-order valence-electron chi connectivity index (χ0n) is 18.4. The van der Waals surface area contributed by atoms with Crippen LogP contribution in [0.2, 0.25) is 0 Å². The molecular weight excluding hydrogens is 382 g/mol. The number of rotatable bonds is 8. The fourth-order valence-electron chi connectivity index (χ4n) is 3.53. The predicted molar refractivity (Wildman–Crippen MR) is 118 cm³/mol. The molecule has 7 nitrogen and oxygen atoms in total. The van der Waals surface area contributed by atoms with E-state index in [1.54, 1.807) is 39.0 Å². The van der Waals surface area contributed by atoms with Gasteiger partial charge in [-0.2, -0.15) is 0 Å². The van der Waals surface area contributed by atoms with E-state index in [1.807, 2.05) is 6.07 Å². The molecule has 0 aromatic heterocycles. The summed E-state index contributed by atoms with van der Waals surface area (Å²) in [7, 11) is 0. The van der Waals surface area contributed by atoms with Gasteiger partial charge in [0.25, 0.3) is 0 Å². The van der Waals surface area contributed by atoms with Gasteiger partial charge in [0.05, 0.1) is 11.4 Å². The molecule has 1 aliphatic rings. The lowest BCUT2D eigenvalue weighted by Gasteiger charge is -2.21. The van der Waals surface area contributed by atoms with Crippen LogP contribution in [0.4, 0.5) is 16.2 Å². The highest BCUT2D eigenvalue weighted by atomic mass is 16.6. The highest BCUT2D eigenvalue weighted by Crippen LogP contribution is 2.28. The zero-order valence-corrected chi connectivity index (χ0v) is 18.4. The molecule has 1 saturated carbocycles. The molecule has 0 unspecified atom stereocenters. The first-order valence-corrected chi connectivity index (χ1v) is 10.9. The van der Waals surface area contributed by atoms with Crippen LogP contribution in [0.3, 0.4) is 0 Å². The molecule has 1 aromatic rings. The smallest absolute Gasteiger partial charge is 0.407 e. The molecule has 0 spiro atoms. The van der Waals surface area contributed by atoms with Crippen LogP contribution in [0.25, 0.3) is 0 Å². The van der Waals surface area contributed by atoms with Crippen molar-refractivity contribution in [3.63, 3.8) is 0 Å². The standard InChI is InChI=1S/C23H35N3O4/c1-23(2,3)30-22(29)24-16-15-21(28)26-19-12-8-7-11-18(19)25-20(27)14-13-17-9-5-4-6-10-17/h7-8,11-12,17H,4-6,9-10,13-16H2,1-3H3,(H,24,29)(H,25,27)(H,26,28). The van der Waals surface area contributed by atoms with E-state index in [0.29, 0.717) is 23.7 Å². The van der Waals surface area contributed by atoms with Crippen molar-refractivity contribution in [3.05, 3.63) is 24.3 Å². The molecule has 2 rings (SSSR count). The van der Waals surface area contributed by atoms with Crippen LogP contribution in [-0.2, 0) is 14.3 Å². The number of hydrogen-bond donors (Lipinski definition) is 3. The molecule has 166 valence electrons. The van der Waals surface area contributed by atoms with Crippen molar-refractivity contribution in [1.29, 1.82) is 0 Å². The second-order valence-electron chi connectivity index (χ2n) is 8.86. The Morgan fingerprint density at radius 2 is 1.50 bits per heavy atom. The number of benzene rings is 1. The van der Waals surface area contributed by atoms with Gasteiger partial charge in [0.1, 0.15) is 5.60 Å². The van der Waals surface area contributed by atoms with Crippen molar-refractivity contribution < 1.29 is 19.1 Å². The van der Waals surface area contributed by atoms with E-state index in [1.165, 1.54) is 32.1 Å². The van der Waals surface area contributed by atoms with Gasteiger partial charge in [-0.05, 0) is 45.2 Å². The van der Waals surface area contributed by atoms with Crippen LogP contribution in [0.15, 0.2) is 24.3 Å². The second-order valence-corrected chi connectivity index (χ2v) is 8.86. The number of amides is 3. The Balaban J connectivity index is 1.77. The van der Waals surface area contributed by atoms with E-state index in [-0.39, 0.29) is 24.8 Å². The minimum Gasteiger partial charge on any atom is -0.444 e. The van der Waals surface area contributed by atoms with Crippen molar-refractivity contribution in [2.24, 2.45) is 5.92 Å². The summed E-state index contributed by atoms with van der Waals surface area (Å²) in [5.41, 5.74) is 0.547. The van der Waals surface area contributed by atoms with Crippen LogP contribution >= 0.6 is 0 Å². The molecule has 30 heavy (non-hydrogen) atoms. The van der Waals surface area contributed by atoms with Gasteiger partial charge in [0, 0.05) is 19.4 Å². The number of hydrogen-bond acceptors (Lipinski definition) is 4. The number of nitrogens with one attached hydrogen (secondary N) is 3. The second kappa shape index (κ2) is 11.6. The number of carbonyl (C=O) groups excluding carboxylic acids is 3. The minimum atomic E-state index is -0.583. The average Bonchev–Trinajstić information content (AvgIpc) is 2.67. The monoisotopic (exact) mass is 417 g/mol. The quantitative estimate of drug-likeness (QED) is 0.564. The lowest BCUT2D eigenvalue weighted by atomic mass is 9.86. The van der Waals surface area contributed by atoms with Gasteiger partial charge in [-0.25, -0.2) is 4.79 Å². The van der Waals surface area contributed by atoms with Gasteiger partial charge in [-0.3, -0.25) is 9.59 Å². The summed E-state index contributed by atoms with van der Waals surface area (Å²) < 4.78 is 5.14. The average molecular weight is 418 g/mol. The van der Waals surface area contributed by atoms with E-state index in [4.69, 9.17) is 4.74 Å². The molecule has 7 heteroatoms. The molecule has 1 aromatic carbocycles. The Hall–Kier alpha value is -2.57. The maximum absolute atomic E-state index is 12.4. The lowest BCUT2D eigenvalue weighted by Crippen LogP contribution is -2.34. The van der Waals surface area contributed by atoms with Crippen LogP contribution < -0.4 is 16.0 Å². The first-order chi connectivity index (χ1) is 14.2. The maximum Gasteiger partial charge on any atom is 0.407 e. The third-order valence-corrected chi connectivity index (χ3v) is 5.00. The van der Waals surface area contributed by atoms with Gasteiger partial charge >= 0.3 is 6.09 Å². The number of alkyl carbamates (subject to hydrolysis) is 1. The molecule has 0 heterocycles. The molecule has 0 saturated heterocycles. The molecule has 0 radical (unpaired) electrons. The first-order valence-electron chi connectivity index (χ1n) is 10.9. The van der Waals surface area contributed by atoms with Crippen LogP contribution in [-0.4, -0.2) is 30.1 Å². The third-order valence-electron chi connectivity index (χ3n) is 5.00. The summed E-state index contributed by atoms with van der Waals surface area (Å²) >= 11 is 0. The molecule has 3 N–H and O–H groups in total. The Morgan fingerprint density at radius 1 is 0.933 bits per heavy atom. The van der Waals surface area contributed by atoms with Gasteiger partial charge < -0.3 is 20.7 Å². The van der Waals surface area contributed by atoms with Crippen LogP contribution in [0.5, 0.6) is 0 Å².